The molecule has 5 atom stereocenters. The predicted octanol–water partition coefficient (Wildman–Crippen LogP) is 5.76. The SMILES string of the molecule is C=C1CCC[C@H]2[C@@]3(C)Cc4c(OC)c(OC)cc(OC)c4C(C[C@]12C)C3C. The molecule has 2 unspecified atom stereocenters. The maximum absolute atomic E-state index is 5.87. The number of hydrogen-bond acceptors (Lipinski definition) is 3. The molecule has 3 nitrogen and oxygen atoms in total. The van der Waals surface area contributed by atoms with Crippen LogP contribution in [0.1, 0.15) is 63.5 Å². The fraction of sp³-hybridized carbons (Fsp3) is 0.667. The lowest BCUT2D eigenvalue weighted by Crippen LogP contribution is -2.56. The van der Waals surface area contributed by atoms with Crippen LogP contribution in [0.4, 0.5) is 0 Å². The van der Waals surface area contributed by atoms with E-state index in [9.17, 15) is 0 Å². The molecule has 0 spiro atoms. The number of benzene rings is 1. The maximum Gasteiger partial charge on any atom is 0.164 e. The summed E-state index contributed by atoms with van der Waals surface area (Å²) in [5, 5.41) is 0. The van der Waals surface area contributed by atoms with Crippen molar-refractivity contribution >= 4 is 0 Å². The Hall–Kier alpha value is -1.64. The Bertz CT molecular complexity index is 782. The smallest absolute Gasteiger partial charge is 0.164 e. The van der Waals surface area contributed by atoms with Gasteiger partial charge in [0.1, 0.15) is 5.75 Å². The highest BCUT2D eigenvalue weighted by molar-refractivity contribution is 5.61. The second kappa shape index (κ2) is 6.18. The normalized spacial score (nSPS) is 37.3. The van der Waals surface area contributed by atoms with Gasteiger partial charge in [-0.1, -0.05) is 32.9 Å². The zero-order valence-corrected chi connectivity index (χ0v) is 17.8. The molecule has 0 saturated heterocycles. The second-order valence-corrected chi connectivity index (χ2v) is 9.45. The molecule has 27 heavy (non-hydrogen) atoms. The summed E-state index contributed by atoms with van der Waals surface area (Å²) in [7, 11) is 5.24. The lowest BCUT2D eigenvalue weighted by Gasteiger charge is -2.63. The van der Waals surface area contributed by atoms with Crippen LogP contribution in [0.3, 0.4) is 0 Å². The second-order valence-electron chi connectivity index (χ2n) is 9.45. The molecule has 0 heterocycles. The first-order chi connectivity index (χ1) is 12.8. The molecule has 0 N–H and O–H groups in total. The highest BCUT2D eigenvalue weighted by Crippen LogP contribution is 2.69. The molecule has 0 amide bonds. The summed E-state index contributed by atoms with van der Waals surface area (Å²) < 4.78 is 17.4. The van der Waals surface area contributed by atoms with Crippen LogP contribution in [0.25, 0.3) is 0 Å². The summed E-state index contributed by atoms with van der Waals surface area (Å²) in [6.45, 7) is 12.0. The summed E-state index contributed by atoms with van der Waals surface area (Å²) in [6, 6.07) is 2.01. The predicted molar refractivity (Wildman–Crippen MR) is 109 cm³/mol. The topological polar surface area (TPSA) is 27.7 Å². The van der Waals surface area contributed by atoms with Gasteiger partial charge in [0.05, 0.1) is 21.3 Å². The third kappa shape index (κ3) is 2.33. The monoisotopic (exact) mass is 370 g/mol. The molecule has 2 saturated carbocycles. The van der Waals surface area contributed by atoms with Gasteiger partial charge in [0.25, 0.3) is 0 Å². The number of rotatable bonds is 3. The first kappa shape index (κ1) is 18.7. The molecule has 1 aromatic rings. The minimum Gasteiger partial charge on any atom is -0.496 e. The van der Waals surface area contributed by atoms with Crippen LogP contribution in [0.5, 0.6) is 17.2 Å². The van der Waals surface area contributed by atoms with Crippen LogP contribution in [0, 0.1) is 22.7 Å². The first-order valence-corrected chi connectivity index (χ1v) is 10.3. The highest BCUT2D eigenvalue weighted by atomic mass is 16.5. The van der Waals surface area contributed by atoms with E-state index in [0.717, 1.165) is 30.1 Å². The Balaban J connectivity index is 1.97. The van der Waals surface area contributed by atoms with E-state index in [-0.39, 0.29) is 10.8 Å². The lowest BCUT2D eigenvalue weighted by molar-refractivity contribution is -0.0712. The molecule has 3 aliphatic rings. The van der Waals surface area contributed by atoms with Crippen LogP contribution in [0.2, 0.25) is 0 Å². The quantitative estimate of drug-likeness (QED) is 0.633. The van der Waals surface area contributed by atoms with Gasteiger partial charge in [-0.05, 0) is 60.7 Å². The Labute approximate surface area is 164 Å². The minimum atomic E-state index is 0.222. The average Bonchev–Trinajstić information content (AvgIpc) is 2.65. The summed E-state index contributed by atoms with van der Waals surface area (Å²) in [5.41, 5.74) is 4.57. The Morgan fingerprint density at radius 1 is 1.07 bits per heavy atom. The van der Waals surface area contributed by atoms with Crippen LogP contribution < -0.4 is 14.2 Å². The van der Waals surface area contributed by atoms with E-state index in [2.05, 4.69) is 27.4 Å². The van der Waals surface area contributed by atoms with Gasteiger partial charge < -0.3 is 14.2 Å². The van der Waals surface area contributed by atoms with Crippen molar-refractivity contribution in [2.45, 2.75) is 58.8 Å². The molecule has 3 heteroatoms. The zero-order valence-electron chi connectivity index (χ0n) is 17.8. The molecule has 3 aliphatic carbocycles. The summed E-state index contributed by atoms with van der Waals surface area (Å²) >= 11 is 0. The van der Waals surface area contributed by atoms with Gasteiger partial charge in [-0.25, -0.2) is 0 Å². The van der Waals surface area contributed by atoms with Crippen LogP contribution in [0.15, 0.2) is 18.2 Å². The Kier molecular flexibility index (Phi) is 4.29. The van der Waals surface area contributed by atoms with Crippen molar-refractivity contribution in [1.82, 2.24) is 0 Å². The zero-order chi connectivity index (χ0) is 19.6. The molecule has 2 bridgehead atoms. The standard InChI is InChI=1S/C24H34O3/c1-14-9-8-10-20-23(14,3)12-16-15(2)24(20,4)13-17-21(16)18(25-5)11-19(26-6)22(17)27-7/h11,15-16,20H,1,8-10,12-13H2,2-7H3/t15?,16?,20-,23-,24+/m1/s1. The van der Waals surface area contributed by atoms with E-state index in [1.54, 1.807) is 21.3 Å². The van der Waals surface area contributed by atoms with Crippen LogP contribution in [-0.2, 0) is 6.42 Å². The lowest BCUT2D eigenvalue weighted by atomic mass is 9.41. The van der Waals surface area contributed by atoms with Crippen molar-refractivity contribution in [2.24, 2.45) is 22.7 Å². The average molecular weight is 371 g/mol. The van der Waals surface area contributed by atoms with E-state index in [0.29, 0.717) is 17.8 Å². The highest BCUT2D eigenvalue weighted by Gasteiger charge is 2.60. The first-order valence-electron chi connectivity index (χ1n) is 10.3. The maximum atomic E-state index is 5.87. The van der Waals surface area contributed by atoms with Gasteiger partial charge >= 0.3 is 0 Å². The van der Waals surface area contributed by atoms with Gasteiger partial charge in [-0.3, -0.25) is 0 Å². The molecule has 1 aromatic carbocycles. The third-order valence-electron chi connectivity index (χ3n) is 8.55. The molecule has 148 valence electrons. The van der Waals surface area contributed by atoms with Crippen molar-refractivity contribution < 1.29 is 14.2 Å². The summed E-state index contributed by atoms with van der Waals surface area (Å²) in [5.74, 6) is 4.37. The van der Waals surface area contributed by atoms with E-state index in [4.69, 9.17) is 14.2 Å². The fourth-order valence-electron chi connectivity index (χ4n) is 6.95. The number of allylic oxidation sites excluding steroid dienone is 1. The van der Waals surface area contributed by atoms with E-state index in [1.165, 1.54) is 36.0 Å². The fourth-order valence-corrected chi connectivity index (χ4v) is 6.95. The van der Waals surface area contributed by atoms with E-state index < -0.39 is 0 Å². The number of hydrogen-bond donors (Lipinski definition) is 0. The molecular weight excluding hydrogens is 336 g/mol. The van der Waals surface area contributed by atoms with Gasteiger partial charge in [-0.15, -0.1) is 0 Å². The van der Waals surface area contributed by atoms with Crippen molar-refractivity contribution in [3.63, 3.8) is 0 Å². The number of fused-ring (bicyclic) bond motifs is 6. The minimum absolute atomic E-state index is 0.222. The molecular formula is C24H34O3. The molecule has 4 rings (SSSR count). The van der Waals surface area contributed by atoms with E-state index in [1.807, 2.05) is 6.07 Å². The van der Waals surface area contributed by atoms with Gasteiger partial charge in [0, 0.05) is 17.2 Å². The number of ether oxygens (including phenoxy) is 3. The summed E-state index contributed by atoms with van der Waals surface area (Å²) in [6.07, 6.45) is 5.94. The van der Waals surface area contributed by atoms with Gasteiger partial charge in [-0.2, -0.15) is 0 Å². The molecule has 0 aromatic heterocycles. The Morgan fingerprint density at radius 3 is 2.41 bits per heavy atom. The van der Waals surface area contributed by atoms with Crippen molar-refractivity contribution in [1.29, 1.82) is 0 Å². The van der Waals surface area contributed by atoms with Crippen molar-refractivity contribution in [2.75, 3.05) is 21.3 Å². The van der Waals surface area contributed by atoms with Crippen LogP contribution in [-0.4, -0.2) is 21.3 Å². The number of methoxy groups -OCH3 is 3. The van der Waals surface area contributed by atoms with Gasteiger partial charge in [0.2, 0.25) is 0 Å². The molecule has 2 fully saturated rings. The summed E-state index contributed by atoms with van der Waals surface area (Å²) in [4.78, 5) is 0. The third-order valence-corrected chi connectivity index (χ3v) is 8.55. The van der Waals surface area contributed by atoms with Crippen molar-refractivity contribution in [3.8, 4) is 17.2 Å². The van der Waals surface area contributed by atoms with Crippen molar-refractivity contribution in [3.05, 3.63) is 29.3 Å². The largest absolute Gasteiger partial charge is 0.496 e. The van der Waals surface area contributed by atoms with Crippen LogP contribution >= 0.6 is 0 Å². The molecule has 0 aliphatic heterocycles. The van der Waals surface area contributed by atoms with Gasteiger partial charge in [0.15, 0.2) is 11.5 Å². The Morgan fingerprint density at radius 2 is 1.78 bits per heavy atom. The van der Waals surface area contributed by atoms with E-state index >= 15 is 0 Å². The molecule has 0 radical (unpaired) electrons.